The summed E-state index contributed by atoms with van der Waals surface area (Å²) in [4.78, 5) is 21.3. The van der Waals surface area contributed by atoms with Crippen LogP contribution in [-0.2, 0) is 9.59 Å². The van der Waals surface area contributed by atoms with Gasteiger partial charge in [-0.1, -0.05) is 39.5 Å². The first-order valence-corrected chi connectivity index (χ1v) is 5.92. The van der Waals surface area contributed by atoms with E-state index in [2.05, 4.69) is 6.92 Å². The van der Waals surface area contributed by atoms with Crippen LogP contribution < -0.4 is 0 Å². The number of hydrogen-bond donors (Lipinski definition) is 2. The highest BCUT2D eigenvalue weighted by Gasteiger charge is 2.22. The van der Waals surface area contributed by atoms with Gasteiger partial charge in [0.1, 0.15) is 0 Å². The summed E-state index contributed by atoms with van der Waals surface area (Å²) in [5.41, 5.74) is 0. The minimum absolute atomic E-state index is 0.270. The van der Waals surface area contributed by atoms with Crippen molar-refractivity contribution >= 4 is 11.9 Å². The number of rotatable bonds is 9. The topological polar surface area (TPSA) is 74.6 Å². The molecular formula is C12H22O4. The predicted molar refractivity (Wildman–Crippen MR) is 61.3 cm³/mol. The Morgan fingerprint density at radius 1 is 1.19 bits per heavy atom. The molecule has 0 radical (unpaired) electrons. The third-order valence-corrected chi connectivity index (χ3v) is 2.76. The minimum Gasteiger partial charge on any atom is -0.481 e. The molecule has 0 aliphatic rings. The Morgan fingerprint density at radius 3 is 2.25 bits per heavy atom. The molecule has 0 aromatic carbocycles. The van der Waals surface area contributed by atoms with Crippen LogP contribution in [0.2, 0.25) is 0 Å². The third kappa shape index (κ3) is 7.26. The van der Waals surface area contributed by atoms with Crippen molar-refractivity contribution in [1.82, 2.24) is 0 Å². The molecule has 0 aliphatic heterocycles. The number of unbranched alkanes of at least 4 members (excludes halogenated alkanes) is 2. The first kappa shape index (κ1) is 14.9. The van der Waals surface area contributed by atoms with Gasteiger partial charge in [0, 0.05) is 0 Å². The van der Waals surface area contributed by atoms with Crippen molar-refractivity contribution in [3.63, 3.8) is 0 Å². The molecule has 0 amide bonds. The number of aliphatic carboxylic acids is 2. The highest BCUT2D eigenvalue weighted by Crippen LogP contribution is 2.21. The Hall–Kier alpha value is -1.06. The summed E-state index contributed by atoms with van der Waals surface area (Å²) < 4.78 is 0. The van der Waals surface area contributed by atoms with Crippen LogP contribution >= 0.6 is 0 Å². The Kier molecular flexibility index (Phi) is 7.60. The number of carboxylic acid groups (broad SMARTS) is 2. The van der Waals surface area contributed by atoms with E-state index in [9.17, 15) is 9.59 Å². The van der Waals surface area contributed by atoms with Gasteiger partial charge in [0.2, 0.25) is 0 Å². The Balaban J connectivity index is 3.98. The molecule has 4 nitrogen and oxygen atoms in total. The molecule has 94 valence electrons. The van der Waals surface area contributed by atoms with Gasteiger partial charge >= 0.3 is 11.9 Å². The standard InChI is InChI=1S/C12H22O4/c1-3-4-5-6-9(2)7-10(12(15)16)8-11(13)14/h9-10H,3-8H2,1-2H3,(H,13,14)(H,15,16)/t9-,10+/m1/s1. The molecule has 0 unspecified atom stereocenters. The maximum atomic E-state index is 10.8. The first-order valence-electron chi connectivity index (χ1n) is 5.92. The van der Waals surface area contributed by atoms with Gasteiger partial charge in [-0.3, -0.25) is 9.59 Å². The predicted octanol–water partition coefficient (Wildman–Crippen LogP) is 2.77. The van der Waals surface area contributed by atoms with Crippen molar-refractivity contribution in [3.05, 3.63) is 0 Å². The van der Waals surface area contributed by atoms with Gasteiger partial charge in [0.25, 0.3) is 0 Å². The Morgan fingerprint density at radius 2 is 1.81 bits per heavy atom. The average molecular weight is 230 g/mol. The molecule has 0 fully saturated rings. The first-order chi connectivity index (χ1) is 7.47. The van der Waals surface area contributed by atoms with E-state index in [0.717, 1.165) is 25.7 Å². The number of carboxylic acids is 2. The second kappa shape index (κ2) is 8.13. The lowest BCUT2D eigenvalue weighted by Gasteiger charge is -2.15. The molecule has 4 heteroatoms. The van der Waals surface area contributed by atoms with E-state index in [1.807, 2.05) is 6.92 Å². The lowest BCUT2D eigenvalue weighted by atomic mass is 9.90. The van der Waals surface area contributed by atoms with Gasteiger partial charge < -0.3 is 10.2 Å². The molecule has 0 rings (SSSR count). The number of carbonyl (C=O) groups is 2. The molecule has 0 saturated heterocycles. The van der Waals surface area contributed by atoms with E-state index in [1.165, 1.54) is 0 Å². The van der Waals surface area contributed by atoms with Crippen molar-refractivity contribution in [2.75, 3.05) is 0 Å². The molecule has 16 heavy (non-hydrogen) atoms. The SMILES string of the molecule is CCCCC[C@@H](C)C[C@@H](CC(=O)O)C(=O)O. The van der Waals surface area contributed by atoms with Crippen molar-refractivity contribution in [1.29, 1.82) is 0 Å². The molecule has 0 heterocycles. The zero-order chi connectivity index (χ0) is 12.6. The van der Waals surface area contributed by atoms with Crippen molar-refractivity contribution in [3.8, 4) is 0 Å². The summed E-state index contributed by atoms with van der Waals surface area (Å²) in [5, 5.41) is 17.5. The maximum absolute atomic E-state index is 10.8. The molecule has 2 atom stereocenters. The lowest BCUT2D eigenvalue weighted by Crippen LogP contribution is -2.20. The monoisotopic (exact) mass is 230 g/mol. The van der Waals surface area contributed by atoms with Gasteiger partial charge in [-0.25, -0.2) is 0 Å². The van der Waals surface area contributed by atoms with E-state index < -0.39 is 17.9 Å². The molecule has 0 aromatic heterocycles. The Labute approximate surface area is 96.7 Å². The van der Waals surface area contributed by atoms with Crippen LogP contribution in [0, 0.1) is 11.8 Å². The fourth-order valence-corrected chi connectivity index (χ4v) is 1.83. The van der Waals surface area contributed by atoms with Crippen LogP contribution in [0.15, 0.2) is 0 Å². The second-order valence-electron chi connectivity index (χ2n) is 4.47. The van der Waals surface area contributed by atoms with E-state index in [-0.39, 0.29) is 12.3 Å². The van der Waals surface area contributed by atoms with E-state index in [0.29, 0.717) is 6.42 Å². The molecular weight excluding hydrogens is 208 g/mol. The van der Waals surface area contributed by atoms with Crippen LogP contribution in [0.3, 0.4) is 0 Å². The minimum atomic E-state index is -1.03. The van der Waals surface area contributed by atoms with Crippen LogP contribution in [-0.4, -0.2) is 22.2 Å². The van der Waals surface area contributed by atoms with Gasteiger partial charge in [-0.15, -0.1) is 0 Å². The van der Waals surface area contributed by atoms with E-state index in [4.69, 9.17) is 10.2 Å². The zero-order valence-electron chi connectivity index (χ0n) is 10.1. The van der Waals surface area contributed by atoms with Gasteiger partial charge in [0.05, 0.1) is 12.3 Å². The number of hydrogen-bond acceptors (Lipinski definition) is 2. The fraction of sp³-hybridized carbons (Fsp3) is 0.833. The largest absolute Gasteiger partial charge is 0.481 e. The Bertz CT molecular complexity index is 225. The van der Waals surface area contributed by atoms with Crippen molar-refractivity contribution in [2.45, 2.75) is 52.4 Å². The third-order valence-electron chi connectivity index (χ3n) is 2.76. The summed E-state index contributed by atoms with van der Waals surface area (Å²) in [6, 6.07) is 0. The van der Waals surface area contributed by atoms with Gasteiger partial charge in [-0.2, -0.15) is 0 Å². The van der Waals surface area contributed by atoms with Crippen molar-refractivity contribution in [2.24, 2.45) is 11.8 Å². The summed E-state index contributed by atoms with van der Waals surface area (Å²) in [5.74, 6) is -2.49. The van der Waals surface area contributed by atoms with Crippen LogP contribution in [0.1, 0.15) is 52.4 Å². The van der Waals surface area contributed by atoms with Gasteiger partial charge in [0.15, 0.2) is 0 Å². The molecule has 0 saturated carbocycles. The average Bonchev–Trinajstić information content (AvgIpc) is 2.16. The maximum Gasteiger partial charge on any atom is 0.307 e. The molecule has 0 bridgehead atoms. The normalized spacial score (nSPS) is 14.4. The summed E-state index contributed by atoms with van der Waals surface area (Å²) >= 11 is 0. The van der Waals surface area contributed by atoms with E-state index >= 15 is 0 Å². The molecule has 0 aliphatic carbocycles. The quantitative estimate of drug-likeness (QED) is 0.597. The van der Waals surface area contributed by atoms with Crippen LogP contribution in [0.4, 0.5) is 0 Å². The van der Waals surface area contributed by atoms with Crippen molar-refractivity contribution < 1.29 is 19.8 Å². The fourth-order valence-electron chi connectivity index (χ4n) is 1.83. The molecule has 0 aromatic rings. The highest BCUT2D eigenvalue weighted by atomic mass is 16.4. The van der Waals surface area contributed by atoms with Crippen LogP contribution in [0.5, 0.6) is 0 Å². The molecule has 2 N–H and O–H groups in total. The van der Waals surface area contributed by atoms with E-state index in [1.54, 1.807) is 0 Å². The lowest BCUT2D eigenvalue weighted by molar-refractivity contribution is -0.148. The molecule has 0 spiro atoms. The summed E-state index contributed by atoms with van der Waals surface area (Å²) in [7, 11) is 0. The second-order valence-corrected chi connectivity index (χ2v) is 4.47. The zero-order valence-corrected chi connectivity index (χ0v) is 10.1. The smallest absolute Gasteiger partial charge is 0.307 e. The van der Waals surface area contributed by atoms with Gasteiger partial charge in [-0.05, 0) is 12.3 Å². The summed E-state index contributed by atoms with van der Waals surface area (Å²) in [6.45, 7) is 4.11. The highest BCUT2D eigenvalue weighted by molar-refractivity contribution is 5.77. The van der Waals surface area contributed by atoms with Crippen LogP contribution in [0.25, 0.3) is 0 Å². The summed E-state index contributed by atoms with van der Waals surface area (Å²) in [6.07, 6.45) is 4.57.